The molecule has 5 heteroatoms. The Balaban J connectivity index is 1.40. The van der Waals surface area contributed by atoms with E-state index in [1.54, 1.807) is 0 Å². The normalized spacial score (nSPS) is 19.7. The van der Waals surface area contributed by atoms with Crippen LogP contribution >= 0.6 is 0 Å². The molecule has 3 aliphatic rings. The minimum atomic E-state index is 0.704. The number of aromatic nitrogens is 4. The molecule has 1 fully saturated rings. The first kappa shape index (κ1) is 14.8. The van der Waals surface area contributed by atoms with Crippen LogP contribution in [0.25, 0.3) is 10.9 Å². The first-order chi connectivity index (χ1) is 12.8. The molecular weight excluding hydrogens is 322 g/mol. The van der Waals surface area contributed by atoms with Gasteiger partial charge in [-0.2, -0.15) is 0 Å². The van der Waals surface area contributed by atoms with Gasteiger partial charge in [-0.15, -0.1) is 0 Å². The average molecular weight is 347 g/mol. The number of rotatable bonds is 2. The summed E-state index contributed by atoms with van der Waals surface area (Å²) >= 11 is 0. The van der Waals surface area contributed by atoms with Crippen LogP contribution in [0.15, 0.2) is 12.3 Å². The van der Waals surface area contributed by atoms with Gasteiger partial charge in [0, 0.05) is 48.9 Å². The van der Waals surface area contributed by atoms with Gasteiger partial charge >= 0.3 is 0 Å². The zero-order valence-electron chi connectivity index (χ0n) is 15.4. The Bertz CT molecular complexity index is 1010. The summed E-state index contributed by atoms with van der Waals surface area (Å²) in [6.07, 6.45) is 10.7. The molecule has 0 bridgehead atoms. The summed E-state index contributed by atoms with van der Waals surface area (Å²) in [6, 6.07) is 2.20. The largest absolute Gasteiger partial charge is 0.355 e. The van der Waals surface area contributed by atoms with Crippen molar-refractivity contribution in [3.05, 3.63) is 40.7 Å². The van der Waals surface area contributed by atoms with Crippen molar-refractivity contribution < 1.29 is 0 Å². The highest BCUT2D eigenvalue weighted by Gasteiger charge is 2.32. The summed E-state index contributed by atoms with van der Waals surface area (Å²) in [5, 5.41) is 1.38. The molecule has 6 rings (SSSR count). The van der Waals surface area contributed by atoms with E-state index in [0.717, 1.165) is 25.3 Å². The molecule has 26 heavy (non-hydrogen) atoms. The van der Waals surface area contributed by atoms with Gasteiger partial charge in [-0.25, -0.2) is 9.97 Å². The molecule has 1 saturated carbocycles. The van der Waals surface area contributed by atoms with E-state index in [2.05, 4.69) is 27.6 Å². The number of aromatic amines is 1. The van der Waals surface area contributed by atoms with Gasteiger partial charge in [0.15, 0.2) is 5.82 Å². The summed E-state index contributed by atoms with van der Waals surface area (Å²) < 4.78 is 2.37. The molecule has 5 nitrogen and oxygen atoms in total. The highest BCUT2D eigenvalue weighted by Crippen LogP contribution is 2.41. The molecule has 0 spiro atoms. The molecule has 3 aromatic heterocycles. The lowest BCUT2D eigenvalue weighted by atomic mass is 9.96. The lowest BCUT2D eigenvalue weighted by Gasteiger charge is -2.28. The summed E-state index contributed by atoms with van der Waals surface area (Å²) in [5.41, 5.74) is 6.89. The van der Waals surface area contributed by atoms with Crippen molar-refractivity contribution in [2.75, 3.05) is 11.4 Å². The van der Waals surface area contributed by atoms with Crippen LogP contribution in [0.1, 0.15) is 60.1 Å². The highest BCUT2D eigenvalue weighted by atomic mass is 15.2. The van der Waals surface area contributed by atoms with Crippen molar-refractivity contribution in [1.82, 2.24) is 19.5 Å². The lowest BCUT2D eigenvalue weighted by molar-refractivity contribution is 0.671. The number of aryl methyl sites for hydroxylation is 2. The second-order valence-electron chi connectivity index (χ2n) is 8.21. The fourth-order valence-electron chi connectivity index (χ4n) is 4.99. The molecule has 0 aromatic carbocycles. The molecule has 134 valence electrons. The fourth-order valence-corrected chi connectivity index (χ4v) is 4.99. The van der Waals surface area contributed by atoms with Gasteiger partial charge in [0.25, 0.3) is 0 Å². The maximum atomic E-state index is 5.02. The number of fused-ring (bicyclic) bond motifs is 4. The standard InChI is InChI=1S/C21H25N5/c1-25-18-9-11-26(12-17(18)24-20(25)13-6-7-13)21-19-15(8-10-22-21)14-4-2-3-5-16(14)23-19/h8,10,13,23H,2-7,9,11-12H2,1H3. The third-order valence-electron chi connectivity index (χ3n) is 6.53. The van der Waals surface area contributed by atoms with E-state index >= 15 is 0 Å². The molecule has 2 aliphatic carbocycles. The fraction of sp³-hybridized carbons (Fsp3) is 0.524. The monoisotopic (exact) mass is 347 g/mol. The Hall–Kier alpha value is -2.30. The third-order valence-corrected chi connectivity index (χ3v) is 6.53. The van der Waals surface area contributed by atoms with E-state index in [9.17, 15) is 0 Å². The summed E-state index contributed by atoms with van der Waals surface area (Å²) in [6.45, 7) is 1.90. The highest BCUT2D eigenvalue weighted by molar-refractivity contribution is 5.93. The Labute approximate surface area is 153 Å². The van der Waals surface area contributed by atoms with Crippen LogP contribution < -0.4 is 4.90 Å². The van der Waals surface area contributed by atoms with E-state index in [0.29, 0.717) is 5.92 Å². The van der Waals surface area contributed by atoms with Gasteiger partial charge in [0.2, 0.25) is 0 Å². The van der Waals surface area contributed by atoms with Crippen LogP contribution in [0.2, 0.25) is 0 Å². The molecule has 0 saturated heterocycles. The number of anilines is 1. The van der Waals surface area contributed by atoms with Gasteiger partial charge in [0.1, 0.15) is 5.82 Å². The zero-order valence-corrected chi connectivity index (χ0v) is 15.4. The second-order valence-corrected chi connectivity index (χ2v) is 8.21. The quantitative estimate of drug-likeness (QED) is 0.770. The number of nitrogens with zero attached hydrogens (tertiary/aromatic N) is 4. The minimum Gasteiger partial charge on any atom is -0.355 e. The first-order valence-electron chi connectivity index (χ1n) is 10.1. The summed E-state index contributed by atoms with van der Waals surface area (Å²) in [4.78, 5) is 15.9. The number of hydrogen-bond donors (Lipinski definition) is 1. The van der Waals surface area contributed by atoms with Crippen molar-refractivity contribution in [3.8, 4) is 0 Å². The van der Waals surface area contributed by atoms with Crippen molar-refractivity contribution in [3.63, 3.8) is 0 Å². The van der Waals surface area contributed by atoms with Gasteiger partial charge in [-0.05, 0) is 50.2 Å². The van der Waals surface area contributed by atoms with Gasteiger partial charge < -0.3 is 14.5 Å². The molecule has 0 amide bonds. The number of pyridine rings is 1. The number of nitrogens with one attached hydrogen (secondary N) is 1. The number of hydrogen-bond acceptors (Lipinski definition) is 3. The van der Waals surface area contributed by atoms with Crippen molar-refractivity contribution in [1.29, 1.82) is 0 Å². The molecule has 1 aliphatic heterocycles. The number of H-pyrrole nitrogens is 1. The van der Waals surface area contributed by atoms with Crippen molar-refractivity contribution >= 4 is 16.7 Å². The van der Waals surface area contributed by atoms with E-state index in [4.69, 9.17) is 9.97 Å². The lowest BCUT2D eigenvalue weighted by Crippen LogP contribution is -2.31. The Kier molecular flexibility index (Phi) is 3.05. The van der Waals surface area contributed by atoms with Crippen LogP contribution in [-0.2, 0) is 32.9 Å². The first-order valence-corrected chi connectivity index (χ1v) is 10.1. The summed E-state index contributed by atoms with van der Waals surface area (Å²) in [7, 11) is 2.20. The predicted molar refractivity (Wildman–Crippen MR) is 103 cm³/mol. The van der Waals surface area contributed by atoms with Crippen LogP contribution in [-0.4, -0.2) is 26.1 Å². The zero-order chi connectivity index (χ0) is 17.3. The van der Waals surface area contributed by atoms with Crippen LogP contribution in [0, 0.1) is 0 Å². The molecular formula is C21H25N5. The molecule has 0 atom stereocenters. The van der Waals surface area contributed by atoms with Gasteiger partial charge in [-0.3, -0.25) is 0 Å². The Morgan fingerprint density at radius 2 is 2.04 bits per heavy atom. The smallest absolute Gasteiger partial charge is 0.153 e. The Morgan fingerprint density at radius 3 is 2.92 bits per heavy atom. The van der Waals surface area contributed by atoms with Crippen LogP contribution in [0.3, 0.4) is 0 Å². The minimum absolute atomic E-state index is 0.704. The van der Waals surface area contributed by atoms with E-state index in [1.807, 2.05) is 6.20 Å². The topological polar surface area (TPSA) is 49.7 Å². The van der Waals surface area contributed by atoms with Crippen molar-refractivity contribution in [2.45, 2.75) is 57.4 Å². The molecule has 0 unspecified atom stereocenters. The predicted octanol–water partition coefficient (Wildman–Crippen LogP) is 3.62. The average Bonchev–Trinajstić information content (AvgIpc) is 3.37. The molecule has 4 heterocycles. The SMILES string of the molecule is Cn1c(C2CC2)nc2c1CCN(c1nccc3c4c([nH]c13)CCCC4)C2. The van der Waals surface area contributed by atoms with Gasteiger partial charge in [-0.1, -0.05) is 0 Å². The molecule has 1 N–H and O–H groups in total. The van der Waals surface area contributed by atoms with E-state index in [-0.39, 0.29) is 0 Å². The third kappa shape index (κ3) is 2.09. The van der Waals surface area contributed by atoms with Crippen LogP contribution in [0.4, 0.5) is 5.82 Å². The van der Waals surface area contributed by atoms with Crippen molar-refractivity contribution in [2.24, 2.45) is 7.05 Å². The van der Waals surface area contributed by atoms with Crippen LogP contribution in [0.5, 0.6) is 0 Å². The van der Waals surface area contributed by atoms with Gasteiger partial charge in [0.05, 0.1) is 17.8 Å². The Morgan fingerprint density at radius 1 is 1.15 bits per heavy atom. The number of imidazole rings is 1. The maximum Gasteiger partial charge on any atom is 0.153 e. The maximum absolute atomic E-state index is 5.02. The second kappa shape index (κ2) is 5.35. The molecule has 0 radical (unpaired) electrons. The van der Waals surface area contributed by atoms with E-state index < -0.39 is 0 Å². The van der Waals surface area contributed by atoms with E-state index in [1.165, 1.54) is 77.9 Å². The summed E-state index contributed by atoms with van der Waals surface area (Å²) in [5.74, 6) is 3.12. The molecule has 3 aromatic rings.